The quantitative estimate of drug-likeness (QED) is 0.723. The summed E-state index contributed by atoms with van der Waals surface area (Å²) in [6.45, 7) is 8.39. The molecule has 0 amide bonds. The van der Waals surface area contributed by atoms with E-state index in [9.17, 15) is 0 Å². The number of ether oxygens (including phenoxy) is 1. The van der Waals surface area contributed by atoms with Gasteiger partial charge in [-0.3, -0.25) is 0 Å². The molecular weight excluding hydrogens is 208 g/mol. The predicted octanol–water partition coefficient (Wildman–Crippen LogP) is 4.72. The van der Waals surface area contributed by atoms with Crippen LogP contribution in [0.1, 0.15) is 39.4 Å². The van der Waals surface area contributed by atoms with Gasteiger partial charge in [-0.15, -0.1) is 0 Å². The first kappa shape index (κ1) is 12.1. The molecule has 1 atom stereocenters. The minimum absolute atomic E-state index is 0.112. The zero-order chi connectivity index (χ0) is 12.5. The average Bonchev–Trinajstić information content (AvgIpc) is 2.26. The van der Waals surface area contributed by atoms with Gasteiger partial charge in [-0.1, -0.05) is 42.5 Å². The predicted molar refractivity (Wildman–Crippen MR) is 73.2 cm³/mol. The lowest BCUT2D eigenvalue weighted by Gasteiger charge is -2.26. The van der Waals surface area contributed by atoms with Gasteiger partial charge in [0.1, 0.15) is 0 Å². The van der Waals surface area contributed by atoms with Crippen LogP contribution >= 0.6 is 0 Å². The normalized spacial score (nSPS) is 13.9. The molecule has 90 valence electrons. The van der Waals surface area contributed by atoms with E-state index in [0.717, 1.165) is 0 Å². The maximum atomic E-state index is 6.03. The zero-order valence-electron chi connectivity index (χ0n) is 11.0. The lowest BCUT2D eigenvalue weighted by Crippen LogP contribution is -2.21. The molecule has 0 N–H and O–H groups in total. The first-order valence-electron chi connectivity index (χ1n) is 6.13. The van der Waals surface area contributed by atoms with Crippen molar-refractivity contribution in [3.8, 4) is 0 Å². The van der Waals surface area contributed by atoms with Crippen molar-refractivity contribution >= 4 is 10.8 Å². The fourth-order valence-corrected chi connectivity index (χ4v) is 2.20. The van der Waals surface area contributed by atoms with E-state index >= 15 is 0 Å². The Labute approximate surface area is 103 Å². The average molecular weight is 228 g/mol. The Morgan fingerprint density at radius 1 is 0.941 bits per heavy atom. The molecule has 0 heterocycles. The van der Waals surface area contributed by atoms with E-state index in [1.807, 2.05) is 0 Å². The van der Waals surface area contributed by atoms with Gasteiger partial charge >= 0.3 is 0 Å². The summed E-state index contributed by atoms with van der Waals surface area (Å²) in [6.07, 6.45) is 0.112. The van der Waals surface area contributed by atoms with Crippen molar-refractivity contribution in [2.45, 2.75) is 39.4 Å². The summed E-state index contributed by atoms with van der Waals surface area (Å²) in [7, 11) is 0. The van der Waals surface area contributed by atoms with Crippen LogP contribution in [-0.4, -0.2) is 5.60 Å². The molecule has 2 rings (SSSR count). The highest BCUT2D eigenvalue weighted by atomic mass is 16.5. The molecule has 17 heavy (non-hydrogen) atoms. The second kappa shape index (κ2) is 4.50. The van der Waals surface area contributed by atoms with Crippen LogP contribution in [0.5, 0.6) is 0 Å². The fraction of sp³-hybridized carbons (Fsp3) is 0.375. The molecule has 0 spiro atoms. The Bertz CT molecular complexity index is 503. The van der Waals surface area contributed by atoms with Crippen LogP contribution in [0.25, 0.3) is 10.8 Å². The van der Waals surface area contributed by atoms with Crippen molar-refractivity contribution in [3.63, 3.8) is 0 Å². The van der Waals surface area contributed by atoms with Crippen LogP contribution < -0.4 is 0 Å². The third-order valence-corrected chi connectivity index (χ3v) is 2.79. The topological polar surface area (TPSA) is 9.23 Å². The van der Waals surface area contributed by atoms with Gasteiger partial charge in [0.15, 0.2) is 0 Å². The molecule has 0 aliphatic rings. The van der Waals surface area contributed by atoms with E-state index in [0.29, 0.717) is 0 Å². The monoisotopic (exact) mass is 228 g/mol. The van der Waals surface area contributed by atoms with Crippen molar-refractivity contribution in [2.24, 2.45) is 0 Å². The van der Waals surface area contributed by atoms with Crippen LogP contribution in [0.4, 0.5) is 0 Å². The van der Waals surface area contributed by atoms with Crippen LogP contribution in [0, 0.1) is 0 Å². The summed E-state index contributed by atoms with van der Waals surface area (Å²) in [5.41, 5.74) is 1.15. The number of fused-ring (bicyclic) bond motifs is 1. The molecule has 0 aliphatic heterocycles. The Balaban J connectivity index is 2.41. The minimum atomic E-state index is -0.115. The van der Waals surface area contributed by atoms with Crippen LogP contribution in [0.15, 0.2) is 42.5 Å². The van der Waals surface area contributed by atoms with Gasteiger partial charge in [-0.2, -0.15) is 0 Å². The second-order valence-electron chi connectivity index (χ2n) is 5.44. The third kappa shape index (κ3) is 2.86. The molecule has 1 heteroatoms. The van der Waals surface area contributed by atoms with Crippen molar-refractivity contribution < 1.29 is 4.74 Å². The van der Waals surface area contributed by atoms with E-state index < -0.39 is 0 Å². The minimum Gasteiger partial charge on any atom is -0.368 e. The van der Waals surface area contributed by atoms with Crippen LogP contribution in [-0.2, 0) is 4.74 Å². The van der Waals surface area contributed by atoms with Gasteiger partial charge < -0.3 is 4.74 Å². The van der Waals surface area contributed by atoms with Gasteiger partial charge in [0, 0.05) is 0 Å². The Kier molecular flexibility index (Phi) is 3.21. The number of hydrogen-bond donors (Lipinski definition) is 0. The maximum Gasteiger partial charge on any atom is 0.0809 e. The highest BCUT2D eigenvalue weighted by Gasteiger charge is 2.17. The highest BCUT2D eigenvalue weighted by Crippen LogP contribution is 2.29. The summed E-state index contributed by atoms with van der Waals surface area (Å²) in [5, 5.41) is 2.56. The first-order chi connectivity index (χ1) is 7.97. The van der Waals surface area contributed by atoms with E-state index in [4.69, 9.17) is 4.74 Å². The van der Waals surface area contributed by atoms with E-state index in [2.05, 4.69) is 70.2 Å². The van der Waals surface area contributed by atoms with Crippen molar-refractivity contribution in [1.82, 2.24) is 0 Å². The SMILES string of the molecule is C[C@H](OC(C)(C)C)c1cccc2ccccc12. The van der Waals surface area contributed by atoms with E-state index in [1.165, 1.54) is 16.3 Å². The smallest absolute Gasteiger partial charge is 0.0809 e. The van der Waals surface area contributed by atoms with Gasteiger partial charge in [0.25, 0.3) is 0 Å². The van der Waals surface area contributed by atoms with E-state index in [1.54, 1.807) is 0 Å². The van der Waals surface area contributed by atoms with Crippen molar-refractivity contribution in [3.05, 3.63) is 48.0 Å². The molecule has 0 bridgehead atoms. The molecule has 2 aromatic carbocycles. The maximum absolute atomic E-state index is 6.03. The Hall–Kier alpha value is -1.34. The van der Waals surface area contributed by atoms with Gasteiger partial charge in [-0.25, -0.2) is 0 Å². The Morgan fingerprint density at radius 2 is 1.59 bits per heavy atom. The zero-order valence-corrected chi connectivity index (χ0v) is 11.0. The largest absolute Gasteiger partial charge is 0.368 e. The Morgan fingerprint density at radius 3 is 2.29 bits per heavy atom. The van der Waals surface area contributed by atoms with Crippen LogP contribution in [0.3, 0.4) is 0 Å². The summed E-state index contributed by atoms with van der Waals surface area (Å²) in [6, 6.07) is 14.8. The fourth-order valence-electron chi connectivity index (χ4n) is 2.20. The molecule has 0 aliphatic carbocycles. The van der Waals surface area contributed by atoms with Gasteiger partial charge in [0.2, 0.25) is 0 Å². The molecule has 0 saturated carbocycles. The number of benzene rings is 2. The van der Waals surface area contributed by atoms with Crippen molar-refractivity contribution in [1.29, 1.82) is 0 Å². The molecule has 0 radical (unpaired) electrons. The molecule has 1 nitrogen and oxygen atoms in total. The molecular formula is C16H20O. The van der Waals surface area contributed by atoms with Gasteiger partial charge in [0.05, 0.1) is 11.7 Å². The standard InChI is InChI=1S/C16H20O/c1-12(17-16(2,3)4)14-11-7-9-13-8-5-6-10-15(13)14/h5-12H,1-4H3/t12-/m0/s1. The molecule has 0 unspecified atom stereocenters. The molecule has 0 aromatic heterocycles. The van der Waals surface area contributed by atoms with Crippen LogP contribution in [0.2, 0.25) is 0 Å². The number of rotatable bonds is 2. The van der Waals surface area contributed by atoms with Gasteiger partial charge in [-0.05, 0) is 44.0 Å². The number of hydrogen-bond acceptors (Lipinski definition) is 1. The molecule has 0 fully saturated rings. The lowest BCUT2D eigenvalue weighted by molar-refractivity contribution is -0.0523. The summed E-state index contributed by atoms with van der Waals surface area (Å²) in [5.74, 6) is 0. The second-order valence-corrected chi connectivity index (χ2v) is 5.44. The molecule has 2 aromatic rings. The molecule has 0 saturated heterocycles. The summed E-state index contributed by atoms with van der Waals surface area (Å²) >= 11 is 0. The summed E-state index contributed by atoms with van der Waals surface area (Å²) in [4.78, 5) is 0. The highest BCUT2D eigenvalue weighted by molar-refractivity contribution is 5.85. The first-order valence-corrected chi connectivity index (χ1v) is 6.13. The van der Waals surface area contributed by atoms with Crippen molar-refractivity contribution in [2.75, 3.05) is 0 Å². The third-order valence-electron chi connectivity index (χ3n) is 2.79. The van der Waals surface area contributed by atoms with E-state index in [-0.39, 0.29) is 11.7 Å². The summed E-state index contributed by atoms with van der Waals surface area (Å²) < 4.78 is 6.03. The lowest BCUT2D eigenvalue weighted by atomic mass is 10.0.